The third kappa shape index (κ3) is 4.13. The van der Waals surface area contributed by atoms with Gasteiger partial charge in [0.25, 0.3) is 0 Å². The molecular weight excluding hydrogens is 266 g/mol. The van der Waals surface area contributed by atoms with Crippen LogP contribution in [0.25, 0.3) is 0 Å². The fourth-order valence-corrected chi connectivity index (χ4v) is 2.10. The minimum absolute atomic E-state index is 0.104. The van der Waals surface area contributed by atoms with Crippen LogP contribution in [0.5, 0.6) is 0 Å². The highest BCUT2D eigenvalue weighted by molar-refractivity contribution is 5.90. The van der Waals surface area contributed by atoms with Crippen LogP contribution in [-0.2, 0) is 17.9 Å². The molecule has 1 aromatic heterocycles. The second kappa shape index (κ2) is 6.05. The molecule has 21 heavy (non-hydrogen) atoms. The number of aromatic nitrogens is 3. The average Bonchev–Trinajstić information content (AvgIpc) is 3.17. The van der Waals surface area contributed by atoms with E-state index in [9.17, 15) is 4.79 Å². The van der Waals surface area contributed by atoms with Gasteiger partial charge in [-0.1, -0.05) is 17.3 Å². The highest BCUT2D eigenvalue weighted by Gasteiger charge is 2.20. The van der Waals surface area contributed by atoms with E-state index in [2.05, 4.69) is 20.9 Å². The van der Waals surface area contributed by atoms with E-state index in [1.807, 2.05) is 37.4 Å². The second-order valence-corrected chi connectivity index (χ2v) is 5.48. The molecule has 0 aliphatic heterocycles. The molecule has 1 aromatic carbocycles. The zero-order valence-electron chi connectivity index (χ0n) is 12.0. The summed E-state index contributed by atoms with van der Waals surface area (Å²) < 4.78 is 1.56. The van der Waals surface area contributed by atoms with Crippen molar-refractivity contribution in [2.75, 3.05) is 5.32 Å². The molecule has 1 aliphatic rings. The van der Waals surface area contributed by atoms with Gasteiger partial charge >= 0.3 is 0 Å². The number of carbonyl (C=O) groups is 1. The van der Waals surface area contributed by atoms with Gasteiger partial charge in [0.05, 0.1) is 11.9 Å². The summed E-state index contributed by atoms with van der Waals surface area (Å²) in [7, 11) is 0. The first-order valence-electron chi connectivity index (χ1n) is 7.18. The van der Waals surface area contributed by atoms with Crippen molar-refractivity contribution >= 4 is 11.6 Å². The van der Waals surface area contributed by atoms with Gasteiger partial charge in [0, 0.05) is 18.3 Å². The van der Waals surface area contributed by atoms with Gasteiger partial charge < -0.3 is 10.6 Å². The predicted molar refractivity (Wildman–Crippen MR) is 79.7 cm³/mol. The molecule has 6 nitrogen and oxygen atoms in total. The van der Waals surface area contributed by atoms with Gasteiger partial charge in [-0.25, -0.2) is 4.68 Å². The zero-order valence-corrected chi connectivity index (χ0v) is 12.0. The molecular formula is C15H19N5O. The number of hydrogen-bond acceptors (Lipinski definition) is 4. The molecule has 0 radical (unpaired) electrons. The van der Waals surface area contributed by atoms with Crippen LogP contribution in [0, 0.1) is 6.92 Å². The van der Waals surface area contributed by atoms with E-state index in [0.29, 0.717) is 12.6 Å². The second-order valence-electron chi connectivity index (χ2n) is 5.48. The van der Waals surface area contributed by atoms with Crippen LogP contribution in [0.4, 0.5) is 5.69 Å². The Morgan fingerprint density at radius 1 is 1.43 bits per heavy atom. The molecule has 1 fully saturated rings. The number of nitrogens with one attached hydrogen (secondary N) is 2. The number of hydrogen-bond donors (Lipinski definition) is 2. The topological polar surface area (TPSA) is 71.8 Å². The van der Waals surface area contributed by atoms with Gasteiger partial charge in [0.2, 0.25) is 5.91 Å². The highest BCUT2D eigenvalue weighted by atomic mass is 16.2. The van der Waals surface area contributed by atoms with Gasteiger partial charge in [-0.15, -0.1) is 5.10 Å². The largest absolute Gasteiger partial charge is 0.324 e. The Kier molecular flexibility index (Phi) is 3.96. The molecule has 6 heteroatoms. The molecule has 0 atom stereocenters. The summed E-state index contributed by atoms with van der Waals surface area (Å²) >= 11 is 0. The monoisotopic (exact) mass is 285 g/mol. The molecule has 1 aliphatic carbocycles. The van der Waals surface area contributed by atoms with Crippen molar-refractivity contribution in [3.8, 4) is 0 Å². The van der Waals surface area contributed by atoms with E-state index < -0.39 is 0 Å². The minimum atomic E-state index is -0.104. The summed E-state index contributed by atoms with van der Waals surface area (Å²) in [6, 6.07) is 8.36. The summed E-state index contributed by atoms with van der Waals surface area (Å²) in [6.07, 6.45) is 4.30. The van der Waals surface area contributed by atoms with Crippen LogP contribution in [0.15, 0.2) is 30.5 Å². The predicted octanol–water partition coefficient (Wildman–Crippen LogP) is 1.48. The Bertz CT molecular complexity index is 632. The summed E-state index contributed by atoms with van der Waals surface area (Å²) in [5.74, 6) is -0.104. The van der Waals surface area contributed by atoms with Crippen molar-refractivity contribution in [1.82, 2.24) is 20.3 Å². The molecule has 0 unspecified atom stereocenters. The van der Waals surface area contributed by atoms with E-state index in [4.69, 9.17) is 0 Å². The number of benzene rings is 1. The Morgan fingerprint density at radius 3 is 3.05 bits per heavy atom. The van der Waals surface area contributed by atoms with Crippen molar-refractivity contribution in [3.05, 3.63) is 41.7 Å². The quantitative estimate of drug-likeness (QED) is 0.843. The fraction of sp³-hybridized carbons (Fsp3) is 0.400. The van der Waals surface area contributed by atoms with Crippen molar-refractivity contribution < 1.29 is 4.79 Å². The van der Waals surface area contributed by atoms with Crippen molar-refractivity contribution in [1.29, 1.82) is 0 Å². The van der Waals surface area contributed by atoms with E-state index >= 15 is 0 Å². The Hall–Kier alpha value is -2.21. The van der Waals surface area contributed by atoms with Crippen LogP contribution in [0.2, 0.25) is 0 Å². The zero-order chi connectivity index (χ0) is 14.7. The summed E-state index contributed by atoms with van der Waals surface area (Å²) in [5.41, 5.74) is 2.78. The van der Waals surface area contributed by atoms with Crippen molar-refractivity contribution in [2.24, 2.45) is 0 Å². The van der Waals surface area contributed by atoms with Crippen LogP contribution >= 0.6 is 0 Å². The standard InChI is InChI=1S/C15H19N5O/c1-11-3-2-4-13(7-11)17-15(21)10-20-9-14(18-19-20)8-16-12-5-6-12/h2-4,7,9,12,16H,5-6,8,10H2,1H3,(H,17,21). The molecule has 110 valence electrons. The summed E-state index contributed by atoms with van der Waals surface area (Å²) in [6.45, 7) is 2.88. The lowest BCUT2D eigenvalue weighted by Gasteiger charge is -2.05. The van der Waals surface area contributed by atoms with Gasteiger partial charge in [-0.2, -0.15) is 0 Å². The number of carbonyl (C=O) groups excluding carboxylic acids is 1. The van der Waals surface area contributed by atoms with Crippen LogP contribution in [-0.4, -0.2) is 26.9 Å². The van der Waals surface area contributed by atoms with Gasteiger partial charge in [0.1, 0.15) is 6.54 Å². The van der Waals surface area contributed by atoms with E-state index in [0.717, 1.165) is 16.9 Å². The van der Waals surface area contributed by atoms with Crippen LogP contribution in [0.1, 0.15) is 24.1 Å². The maximum atomic E-state index is 12.0. The molecule has 0 spiro atoms. The third-order valence-electron chi connectivity index (χ3n) is 3.34. The average molecular weight is 285 g/mol. The lowest BCUT2D eigenvalue weighted by Crippen LogP contribution is -2.19. The SMILES string of the molecule is Cc1cccc(NC(=O)Cn2cc(CNC3CC3)nn2)c1. The molecule has 1 saturated carbocycles. The number of rotatable bonds is 6. The first kappa shape index (κ1) is 13.8. The normalized spacial score (nSPS) is 14.1. The molecule has 0 bridgehead atoms. The van der Waals surface area contributed by atoms with Crippen LogP contribution in [0.3, 0.4) is 0 Å². The Balaban J connectivity index is 1.51. The first-order valence-corrected chi connectivity index (χ1v) is 7.18. The Labute approximate surface area is 123 Å². The van der Waals surface area contributed by atoms with Crippen molar-refractivity contribution in [3.63, 3.8) is 0 Å². The highest BCUT2D eigenvalue weighted by Crippen LogP contribution is 2.18. The van der Waals surface area contributed by atoms with Crippen molar-refractivity contribution in [2.45, 2.75) is 38.9 Å². The lowest BCUT2D eigenvalue weighted by molar-refractivity contribution is -0.116. The van der Waals surface area contributed by atoms with E-state index in [-0.39, 0.29) is 12.5 Å². The molecule has 3 rings (SSSR count). The maximum Gasteiger partial charge on any atom is 0.246 e. The van der Waals surface area contributed by atoms with E-state index in [1.54, 1.807) is 4.68 Å². The number of aryl methyl sites for hydroxylation is 1. The molecule has 2 N–H and O–H groups in total. The van der Waals surface area contributed by atoms with Crippen LogP contribution < -0.4 is 10.6 Å². The number of anilines is 1. The lowest BCUT2D eigenvalue weighted by atomic mass is 10.2. The first-order chi connectivity index (χ1) is 10.2. The summed E-state index contributed by atoms with van der Waals surface area (Å²) in [5, 5.41) is 14.3. The van der Waals surface area contributed by atoms with Gasteiger partial charge in [-0.05, 0) is 37.5 Å². The molecule has 1 heterocycles. The molecule has 0 saturated heterocycles. The van der Waals surface area contributed by atoms with Gasteiger partial charge in [-0.3, -0.25) is 4.79 Å². The third-order valence-corrected chi connectivity index (χ3v) is 3.34. The minimum Gasteiger partial charge on any atom is -0.324 e. The Morgan fingerprint density at radius 2 is 2.29 bits per heavy atom. The summed E-state index contributed by atoms with van der Waals surface area (Å²) in [4.78, 5) is 12.0. The van der Waals surface area contributed by atoms with E-state index in [1.165, 1.54) is 12.8 Å². The maximum absolute atomic E-state index is 12.0. The number of amides is 1. The molecule has 2 aromatic rings. The number of nitrogens with zero attached hydrogens (tertiary/aromatic N) is 3. The molecule has 1 amide bonds. The fourth-order valence-electron chi connectivity index (χ4n) is 2.10. The van der Waals surface area contributed by atoms with Gasteiger partial charge in [0.15, 0.2) is 0 Å². The smallest absolute Gasteiger partial charge is 0.246 e.